The van der Waals surface area contributed by atoms with Crippen molar-refractivity contribution in [1.82, 2.24) is 19.8 Å². The molecule has 1 aliphatic heterocycles. The number of morpholine rings is 1. The predicted octanol–water partition coefficient (Wildman–Crippen LogP) is 2.30. The molecule has 8 heteroatoms. The monoisotopic (exact) mass is 418 g/mol. The molecular weight excluding hydrogens is 388 g/mol. The minimum Gasteiger partial charge on any atom is -0.379 e. The SMILES string of the molecule is CC(C)n1c(SCC(=O)NCC(C)(C)N2CCOCC2)nc2ccccc2c1=O. The summed E-state index contributed by atoms with van der Waals surface area (Å²) in [6, 6.07) is 7.29. The van der Waals surface area contributed by atoms with Crippen molar-refractivity contribution in [2.75, 3.05) is 38.6 Å². The number of aromatic nitrogens is 2. The molecule has 0 saturated carbocycles. The molecule has 0 radical (unpaired) electrons. The molecule has 2 heterocycles. The van der Waals surface area contributed by atoms with Gasteiger partial charge in [-0.25, -0.2) is 4.98 Å². The number of fused-ring (bicyclic) bond motifs is 1. The molecule has 0 atom stereocenters. The van der Waals surface area contributed by atoms with E-state index in [1.165, 1.54) is 11.8 Å². The first-order valence-electron chi connectivity index (χ1n) is 10.0. The average Bonchev–Trinajstić information content (AvgIpc) is 2.71. The number of carbonyl (C=O) groups is 1. The largest absolute Gasteiger partial charge is 0.379 e. The molecule has 0 spiro atoms. The summed E-state index contributed by atoms with van der Waals surface area (Å²) in [6.45, 7) is 11.9. The number of hydrogen-bond acceptors (Lipinski definition) is 6. The predicted molar refractivity (Wildman–Crippen MR) is 117 cm³/mol. The van der Waals surface area contributed by atoms with E-state index in [-0.39, 0.29) is 28.8 Å². The number of carbonyl (C=O) groups excluding carboxylic acids is 1. The lowest BCUT2D eigenvalue weighted by Gasteiger charge is -2.40. The molecular formula is C21H30N4O3S. The number of nitrogens with zero attached hydrogens (tertiary/aromatic N) is 3. The third-order valence-corrected chi connectivity index (χ3v) is 6.16. The van der Waals surface area contributed by atoms with Gasteiger partial charge in [0.15, 0.2) is 5.16 Å². The molecule has 3 rings (SSSR count). The molecule has 1 saturated heterocycles. The summed E-state index contributed by atoms with van der Waals surface area (Å²) in [5.41, 5.74) is 0.457. The summed E-state index contributed by atoms with van der Waals surface area (Å²) < 4.78 is 7.08. The highest BCUT2D eigenvalue weighted by Gasteiger charge is 2.28. The van der Waals surface area contributed by atoms with Gasteiger partial charge in [0.1, 0.15) is 0 Å². The van der Waals surface area contributed by atoms with Gasteiger partial charge >= 0.3 is 0 Å². The Labute approximate surface area is 175 Å². The second kappa shape index (κ2) is 9.28. The van der Waals surface area contributed by atoms with Gasteiger partial charge in [-0.3, -0.25) is 19.1 Å². The van der Waals surface area contributed by atoms with Crippen LogP contribution in [-0.4, -0.2) is 64.5 Å². The molecule has 0 aliphatic carbocycles. The first-order chi connectivity index (χ1) is 13.8. The van der Waals surface area contributed by atoms with Gasteiger partial charge < -0.3 is 10.1 Å². The summed E-state index contributed by atoms with van der Waals surface area (Å²) in [5.74, 6) is 0.158. The lowest BCUT2D eigenvalue weighted by molar-refractivity contribution is -0.119. The maximum atomic E-state index is 12.9. The molecule has 2 aromatic rings. The highest BCUT2D eigenvalue weighted by atomic mass is 32.2. The molecule has 158 valence electrons. The maximum Gasteiger partial charge on any atom is 0.262 e. The van der Waals surface area contributed by atoms with Crippen molar-refractivity contribution in [1.29, 1.82) is 0 Å². The van der Waals surface area contributed by atoms with Crippen LogP contribution in [0.4, 0.5) is 0 Å². The van der Waals surface area contributed by atoms with Crippen molar-refractivity contribution in [2.24, 2.45) is 0 Å². The van der Waals surface area contributed by atoms with Crippen LogP contribution in [-0.2, 0) is 9.53 Å². The molecule has 0 bridgehead atoms. The molecule has 0 unspecified atom stereocenters. The van der Waals surface area contributed by atoms with E-state index in [1.807, 2.05) is 32.0 Å². The molecule has 1 aliphatic rings. The number of thioether (sulfide) groups is 1. The van der Waals surface area contributed by atoms with Crippen LogP contribution < -0.4 is 10.9 Å². The number of para-hydroxylation sites is 1. The van der Waals surface area contributed by atoms with E-state index in [9.17, 15) is 9.59 Å². The van der Waals surface area contributed by atoms with Gasteiger partial charge in [-0.05, 0) is 39.8 Å². The van der Waals surface area contributed by atoms with Crippen molar-refractivity contribution in [3.05, 3.63) is 34.6 Å². The van der Waals surface area contributed by atoms with Crippen LogP contribution in [0.1, 0.15) is 33.7 Å². The second-order valence-corrected chi connectivity index (χ2v) is 9.10. The van der Waals surface area contributed by atoms with Gasteiger partial charge in [0.2, 0.25) is 5.91 Å². The second-order valence-electron chi connectivity index (χ2n) is 8.16. The van der Waals surface area contributed by atoms with Crippen molar-refractivity contribution in [3.8, 4) is 0 Å². The minimum absolute atomic E-state index is 0.0366. The zero-order valence-electron chi connectivity index (χ0n) is 17.6. The molecule has 1 amide bonds. The van der Waals surface area contributed by atoms with Crippen molar-refractivity contribution >= 4 is 28.6 Å². The number of hydrogen-bond donors (Lipinski definition) is 1. The number of amides is 1. The van der Waals surface area contributed by atoms with E-state index >= 15 is 0 Å². The highest BCUT2D eigenvalue weighted by molar-refractivity contribution is 7.99. The Hall–Kier alpha value is -1.90. The molecule has 7 nitrogen and oxygen atoms in total. The molecule has 1 N–H and O–H groups in total. The van der Waals surface area contributed by atoms with Gasteiger partial charge in [-0.1, -0.05) is 23.9 Å². The fraction of sp³-hybridized carbons (Fsp3) is 0.571. The average molecular weight is 419 g/mol. The lowest BCUT2D eigenvalue weighted by atomic mass is 10.0. The minimum atomic E-state index is -0.134. The first kappa shape index (κ1) is 21.8. The van der Waals surface area contributed by atoms with Crippen molar-refractivity contribution in [3.63, 3.8) is 0 Å². The zero-order chi connectivity index (χ0) is 21.0. The van der Waals surface area contributed by atoms with Gasteiger partial charge in [-0.15, -0.1) is 0 Å². The fourth-order valence-electron chi connectivity index (χ4n) is 3.46. The quantitative estimate of drug-likeness (QED) is 0.549. The number of ether oxygens (including phenoxy) is 1. The summed E-state index contributed by atoms with van der Waals surface area (Å²) in [4.78, 5) is 32.3. The molecule has 1 aromatic carbocycles. The number of rotatable bonds is 7. The van der Waals surface area contributed by atoms with Crippen LogP contribution in [0.2, 0.25) is 0 Å². The van der Waals surface area contributed by atoms with Gasteiger partial charge in [0.25, 0.3) is 5.56 Å². The Kier molecular flexibility index (Phi) is 6.97. The molecule has 29 heavy (non-hydrogen) atoms. The number of benzene rings is 1. The summed E-state index contributed by atoms with van der Waals surface area (Å²) >= 11 is 1.30. The van der Waals surface area contributed by atoms with E-state index in [1.54, 1.807) is 10.6 Å². The summed E-state index contributed by atoms with van der Waals surface area (Å²) in [6.07, 6.45) is 0. The van der Waals surface area contributed by atoms with E-state index in [0.717, 1.165) is 26.3 Å². The Morgan fingerprint density at radius 1 is 1.28 bits per heavy atom. The smallest absolute Gasteiger partial charge is 0.262 e. The van der Waals surface area contributed by atoms with E-state index < -0.39 is 0 Å². The normalized spacial score (nSPS) is 15.8. The van der Waals surface area contributed by atoms with Crippen LogP contribution in [0.15, 0.2) is 34.2 Å². The first-order valence-corrected chi connectivity index (χ1v) is 11.0. The van der Waals surface area contributed by atoms with Gasteiger partial charge in [0.05, 0.1) is 29.9 Å². The van der Waals surface area contributed by atoms with Crippen LogP contribution in [0.3, 0.4) is 0 Å². The van der Waals surface area contributed by atoms with Crippen LogP contribution >= 0.6 is 11.8 Å². The standard InChI is InChI=1S/C21H30N4O3S/c1-15(2)25-19(27)16-7-5-6-8-17(16)23-20(25)29-13-18(26)22-14-21(3,4)24-9-11-28-12-10-24/h5-8,15H,9-14H2,1-4H3,(H,22,26). The third-order valence-electron chi connectivity index (χ3n) is 5.21. The van der Waals surface area contributed by atoms with E-state index in [2.05, 4.69) is 29.0 Å². The fourth-order valence-corrected chi connectivity index (χ4v) is 4.42. The Balaban J connectivity index is 1.66. The molecule has 1 fully saturated rings. The van der Waals surface area contributed by atoms with E-state index in [0.29, 0.717) is 22.6 Å². The summed E-state index contributed by atoms with van der Waals surface area (Å²) in [7, 11) is 0. The lowest BCUT2D eigenvalue weighted by Crippen LogP contribution is -2.55. The Morgan fingerprint density at radius 3 is 2.66 bits per heavy atom. The number of nitrogens with one attached hydrogen (secondary N) is 1. The van der Waals surface area contributed by atoms with Gasteiger partial charge in [0, 0.05) is 31.2 Å². The van der Waals surface area contributed by atoms with Gasteiger partial charge in [-0.2, -0.15) is 0 Å². The van der Waals surface area contributed by atoms with Crippen LogP contribution in [0, 0.1) is 0 Å². The topological polar surface area (TPSA) is 76.5 Å². The van der Waals surface area contributed by atoms with E-state index in [4.69, 9.17) is 4.74 Å². The van der Waals surface area contributed by atoms with Crippen molar-refractivity contribution in [2.45, 2.75) is 44.4 Å². The van der Waals surface area contributed by atoms with Crippen molar-refractivity contribution < 1.29 is 9.53 Å². The Morgan fingerprint density at radius 2 is 1.97 bits per heavy atom. The zero-order valence-corrected chi connectivity index (χ0v) is 18.4. The Bertz CT molecular complexity index is 920. The summed E-state index contributed by atoms with van der Waals surface area (Å²) in [5, 5.41) is 4.21. The maximum absolute atomic E-state index is 12.9. The molecule has 1 aromatic heterocycles. The van der Waals surface area contributed by atoms with Crippen LogP contribution in [0.5, 0.6) is 0 Å². The van der Waals surface area contributed by atoms with Crippen LogP contribution in [0.25, 0.3) is 10.9 Å². The highest BCUT2D eigenvalue weighted by Crippen LogP contribution is 2.21. The third kappa shape index (κ3) is 5.18.